The van der Waals surface area contributed by atoms with Gasteiger partial charge in [0.1, 0.15) is 0 Å². The van der Waals surface area contributed by atoms with Gasteiger partial charge in [-0.3, -0.25) is 0 Å². The van der Waals surface area contributed by atoms with Crippen LogP contribution in [-0.2, 0) is 0 Å². The van der Waals surface area contributed by atoms with Crippen LogP contribution in [0.2, 0.25) is 0 Å². The van der Waals surface area contributed by atoms with Crippen molar-refractivity contribution in [3.05, 3.63) is 41.2 Å². The molecule has 0 aliphatic rings. The van der Waals surface area contributed by atoms with Gasteiger partial charge in [-0.05, 0) is 0 Å². The Bertz CT molecular complexity index is 338. The molecule has 1 nitrogen and oxygen atoms in total. The molecule has 0 N–H and O–H groups in total. The van der Waals surface area contributed by atoms with Gasteiger partial charge in [0.2, 0.25) is 0 Å². The van der Waals surface area contributed by atoms with Gasteiger partial charge >= 0.3 is 25.0 Å². The summed E-state index contributed by atoms with van der Waals surface area (Å²) < 4.78 is 60.7. The molecule has 1 atom stereocenters. The molecule has 0 aliphatic heterocycles. The normalized spacial score (nSPS) is 14.0. The molecule has 7 heteroatoms. The summed E-state index contributed by atoms with van der Waals surface area (Å²) in [5, 5.41) is 2.49. The number of hydrogen-bond acceptors (Lipinski definition) is 0. The molecule has 0 saturated carbocycles. The molecule has 0 spiro atoms. The van der Waals surface area contributed by atoms with Crippen molar-refractivity contribution in [3.8, 4) is 0 Å². The first-order valence-electron chi connectivity index (χ1n) is 4.45. The van der Waals surface area contributed by atoms with Crippen molar-refractivity contribution >= 4 is 0 Å². The Kier molecular flexibility index (Phi) is 5.65. The maximum atomic E-state index is 12.6. The van der Waals surface area contributed by atoms with Gasteiger partial charge in [0.05, 0.1) is 0 Å². The summed E-state index contributed by atoms with van der Waals surface area (Å²) in [7, 11) is 0. The van der Waals surface area contributed by atoms with E-state index in [1.54, 1.807) is 18.2 Å². The number of alkyl halides is 5. The second-order valence-electron chi connectivity index (χ2n) is 3.25. The fourth-order valence-electron chi connectivity index (χ4n) is 1.12. The Morgan fingerprint density at radius 2 is 1.47 bits per heavy atom. The van der Waals surface area contributed by atoms with Crippen LogP contribution in [-0.4, -0.2) is 12.2 Å². The van der Waals surface area contributed by atoms with Gasteiger partial charge in [-0.1, -0.05) is 42.8 Å². The average molecular weight is 245 g/mol. The van der Waals surface area contributed by atoms with E-state index in [2.05, 4.69) is 5.32 Å². The van der Waals surface area contributed by atoms with Crippen LogP contribution in [0.4, 0.5) is 22.0 Å². The predicted molar refractivity (Wildman–Crippen MR) is 49.2 cm³/mol. The fraction of sp³-hybridized carbons (Fsp3) is 0.400. The molecule has 0 radical (unpaired) electrons. The molecule has 0 heterocycles. The molecular weight excluding hydrogens is 236 g/mol. The maximum absolute atomic E-state index is 12.6. The van der Waals surface area contributed by atoms with Gasteiger partial charge in [-0.15, -0.1) is 6.04 Å². The van der Waals surface area contributed by atoms with E-state index >= 15 is 0 Å². The third-order valence-electron chi connectivity index (χ3n) is 1.98. The zero-order valence-electron chi connectivity index (χ0n) is 9.30. The van der Waals surface area contributed by atoms with Crippen LogP contribution in [0.15, 0.2) is 30.3 Å². The average Bonchev–Trinajstić information content (AvgIpc) is 2.16. The minimum Gasteiger partial charge on any atom is -0.586 e. The summed E-state index contributed by atoms with van der Waals surface area (Å²) in [5.74, 6) is 0. The number of halogens is 5. The Morgan fingerprint density at radius 1 is 1.00 bits per heavy atom. The standard InChI is InChI=1S/C10H9F5N.Li/c1-7(8-5-3-2-4-6-8)16-10(14,15)9(11,12)13;/h2-7H,1H3;/q-1;+1/t7-;/m1./s1. The van der Waals surface area contributed by atoms with Crippen molar-refractivity contribution in [2.24, 2.45) is 0 Å². The molecule has 0 bridgehead atoms. The third-order valence-corrected chi connectivity index (χ3v) is 1.98. The monoisotopic (exact) mass is 245 g/mol. The number of nitrogens with zero attached hydrogens (tertiary/aromatic N) is 1. The SMILES string of the molecule is C[C@@H]([N-]C(F)(F)C(F)(F)F)c1ccccc1.[Li+]. The minimum atomic E-state index is -5.64. The Hall–Kier alpha value is -0.573. The largest absolute Gasteiger partial charge is 1.00 e. The van der Waals surface area contributed by atoms with Gasteiger partial charge in [0.25, 0.3) is 6.05 Å². The van der Waals surface area contributed by atoms with Crippen molar-refractivity contribution in [2.45, 2.75) is 25.2 Å². The summed E-state index contributed by atoms with van der Waals surface area (Å²) in [4.78, 5) is 0. The topological polar surface area (TPSA) is 14.1 Å². The smallest absolute Gasteiger partial charge is 0.586 e. The summed E-state index contributed by atoms with van der Waals surface area (Å²) >= 11 is 0. The summed E-state index contributed by atoms with van der Waals surface area (Å²) in [6.45, 7) is 1.19. The quantitative estimate of drug-likeness (QED) is 0.432. The van der Waals surface area contributed by atoms with Crippen LogP contribution in [0.3, 0.4) is 0 Å². The van der Waals surface area contributed by atoms with Gasteiger partial charge in [0, 0.05) is 0 Å². The molecule has 0 aromatic heterocycles. The maximum Gasteiger partial charge on any atom is 1.00 e. The molecule has 0 amide bonds. The van der Waals surface area contributed by atoms with Crippen molar-refractivity contribution in [2.75, 3.05) is 0 Å². The van der Waals surface area contributed by atoms with Gasteiger partial charge in [-0.2, -0.15) is 13.2 Å². The summed E-state index contributed by atoms with van der Waals surface area (Å²) in [5.41, 5.74) is 0.312. The predicted octanol–water partition coefficient (Wildman–Crippen LogP) is 1.28. The molecular formula is C10H9F5LiN. The van der Waals surface area contributed by atoms with Crippen molar-refractivity contribution in [1.29, 1.82) is 0 Å². The van der Waals surface area contributed by atoms with Gasteiger partial charge in [0.15, 0.2) is 0 Å². The first-order valence-corrected chi connectivity index (χ1v) is 4.45. The molecule has 1 aromatic rings. The molecule has 0 unspecified atom stereocenters. The van der Waals surface area contributed by atoms with Crippen molar-refractivity contribution < 1.29 is 40.8 Å². The molecule has 0 fully saturated rings. The van der Waals surface area contributed by atoms with Crippen LogP contribution in [0.1, 0.15) is 18.5 Å². The Labute approximate surface area is 108 Å². The van der Waals surface area contributed by atoms with E-state index in [-0.39, 0.29) is 18.9 Å². The van der Waals surface area contributed by atoms with E-state index in [4.69, 9.17) is 0 Å². The van der Waals surface area contributed by atoms with Gasteiger partial charge in [-0.25, -0.2) is 8.78 Å². The number of rotatable bonds is 3. The molecule has 0 saturated heterocycles. The third kappa shape index (κ3) is 4.30. The van der Waals surface area contributed by atoms with Crippen LogP contribution >= 0.6 is 0 Å². The fourth-order valence-corrected chi connectivity index (χ4v) is 1.12. The van der Waals surface area contributed by atoms with E-state index in [1.165, 1.54) is 19.1 Å². The number of benzene rings is 1. The first-order chi connectivity index (χ1) is 7.24. The van der Waals surface area contributed by atoms with E-state index in [0.717, 1.165) is 0 Å². The first kappa shape index (κ1) is 16.4. The zero-order valence-corrected chi connectivity index (χ0v) is 9.30. The van der Waals surface area contributed by atoms with E-state index in [1.807, 2.05) is 0 Å². The van der Waals surface area contributed by atoms with Crippen LogP contribution in [0.25, 0.3) is 5.32 Å². The minimum absolute atomic E-state index is 0. The number of hydrogen-bond donors (Lipinski definition) is 0. The Morgan fingerprint density at radius 3 is 1.88 bits per heavy atom. The summed E-state index contributed by atoms with van der Waals surface area (Å²) in [6, 6.07) is 1.40. The second-order valence-corrected chi connectivity index (χ2v) is 3.25. The van der Waals surface area contributed by atoms with E-state index in [9.17, 15) is 22.0 Å². The van der Waals surface area contributed by atoms with Gasteiger partial charge < -0.3 is 5.32 Å². The van der Waals surface area contributed by atoms with Crippen LogP contribution in [0.5, 0.6) is 0 Å². The molecule has 0 aliphatic carbocycles. The Balaban J connectivity index is 0.00000256. The van der Waals surface area contributed by atoms with Crippen molar-refractivity contribution in [1.82, 2.24) is 0 Å². The zero-order chi connectivity index (χ0) is 12.4. The summed E-state index contributed by atoms with van der Waals surface area (Å²) in [6.07, 6.45) is -5.64. The molecule has 1 aromatic carbocycles. The molecule has 90 valence electrons. The van der Waals surface area contributed by atoms with E-state index < -0.39 is 18.3 Å². The van der Waals surface area contributed by atoms with E-state index in [0.29, 0.717) is 5.56 Å². The van der Waals surface area contributed by atoms with Crippen LogP contribution in [0, 0.1) is 0 Å². The molecule has 1 rings (SSSR count). The molecule has 17 heavy (non-hydrogen) atoms. The van der Waals surface area contributed by atoms with Crippen molar-refractivity contribution in [3.63, 3.8) is 0 Å². The second kappa shape index (κ2) is 5.85. The van der Waals surface area contributed by atoms with Crippen LogP contribution < -0.4 is 18.9 Å².